The van der Waals surface area contributed by atoms with E-state index in [-0.39, 0.29) is 5.56 Å². The Kier molecular flexibility index (Phi) is 3.70. The quantitative estimate of drug-likeness (QED) is 0.744. The molecule has 0 aliphatic rings. The zero-order valence-corrected chi connectivity index (χ0v) is 13.9. The Hall–Kier alpha value is -2.21. The number of hydrogen-bond donors (Lipinski definition) is 0. The molecule has 6 heteroatoms. The molecule has 0 saturated heterocycles. The minimum absolute atomic E-state index is 0.0279. The molecule has 0 unspecified atom stereocenters. The fourth-order valence-corrected chi connectivity index (χ4v) is 3.60. The molecule has 0 fully saturated rings. The van der Waals surface area contributed by atoms with Crippen LogP contribution >= 0.6 is 11.3 Å². The number of nitrogens with zero attached hydrogens (tertiary/aromatic N) is 4. The van der Waals surface area contributed by atoms with Crippen molar-refractivity contribution in [3.05, 3.63) is 35.0 Å². The van der Waals surface area contributed by atoms with E-state index in [0.717, 1.165) is 33.5 Å². The summed E-state index contributed by atoms with van der Waals surface area (Å²) in [7, 11) is 3.96. The van der Waals surface area contributed by atoms with Gasteiger partial charge >= 0.3 is 0 Å². The SMILES string of the molecule is CC/C=C(\C)n1cnc2c(sc3nccc(N(C)C)c32)c1=O. The lowest BCUT2D eigenvalue weighted by atomic mass is 10.2. The summed E-state index contributed by atoms with van der Waals surface area (Å²) in [5.74, 6) is 0. The van der Waals surface area contributed by atoms with Crippen LogP contribution < -0.4 is 10.5 Å². The van der Waals surface area contributed by atoms with E-state index < -0.39 is 0 Å². The summed E-state index contributed by atoms with van der Waals surface area (Å²) >= 11 is 1.41. The highest BCUT2D eigenvalue weighted by molar-refractivity contribution is 7.25. The second-order valence-corrected chi connectivity index (χ2v) is 6.36. The highest BCUT2D eigenvalue weighted by Crippen LogP contribution is 2.35. The van der Waals surface area contributed by atoms with Crippen LogP contribution in [0.3, 0.4) is 0 Å². The second-order valence-electron chi connectivity index (χ2n) is 5.36. The van der Waals surface area contributed by atoms with Gasteiger partial charge in [0.05, 0.1) is 16.6 Å². The number of fused-ring (bicyclic) bond motifs is 3. The normalized spacial score (nSPS) is 12.3. The summed E-state index contributed by atoms with van der Waals surface area (Å²) in [5, 5.41) is 0.953. The van der Waals surface area contributed by atoms with Gasteiger partial charge in [0, 0.05) is 26.0 Å². The van der Waals surface area contributed by atoms with Gasteiger partial charge in [-0.25, -0.2) is 9.97 Å². The molecule has 22 heavy (non-hydrogen) atoms. The molecule has 0 radical (unpaired) electrons. The Morgan fingerprint density at radius 2 is 2.18 bits per heavy atom. The summed E-state index contributed by atoms with van der Waals surface area (Å²) < 4.78 is 2.26. The first kappa shape index (κ1) is 14.7. The van der Waals surface area contributed by atoms with Crippen molar-refractivity contribution >= 4 is 43.2 Å². The summed E-state index contributed by atoms with van der Waals surface area (Å²) in [6.07, 6.45) is 6.29. The number of rotatable bonds is 3. The first-order chi connectivity index (χ1) is 10.5. The molecular weight excluding hydrogens is 296 g/mol. The van der Waals surface area contributed by atoms with Crippen LogP contribution in [0.1, 0.15) is 20.3 Å². The first-order valence-electron chi connectivity index (χ1n) is 7.18. The predicted molar refractivity (Wildman–Crippen MR) is 93.7 cm³/mol. The summed E-state index contributed by atoms with van der Waals surface area (Å²) in [6, 6.07) is 1.95. The monoisotopic (exact) mass is 314 g/mol. The molecule has 0 atom stereocenters. The molecule has 0 aromatic carbocycles. The molecule has 3 heterocycles. The Morgan fingerprint density at radius 1 is 1.41 bits per heavy atom. The lowest BCUT2D eigenvalue weighted by Crippen LogP contribution is -2.18. The van der Waals surface area contributed by atoms with E-state index in [2.05, 4.69) is 9.97 Å². The van der Waals surface area contributed by atoms with Crippen LogP contribution in [0.4, 0.5) is 5.69 Å². The third-order valence-electron chi connectivity index (χ3n) is 3.62. The average molecular weight is 314 g/mol. The Morgan fingerprint density at radius 3 is 2.86 bits per heavy atom. The van der Waals surface area contributed by atoms with E-state index in [1.54, 1.807) is 17.1 Å². The van der Waals surface area contributed by atoms with Gasteiger partial charge in [0.15, 0.2) is 0 Å². The van der Waals surface area contributed by atoms with Gasteiger partial charge in [-0.1, -0.05) is 13.0 Å². The molecule has 0 N–H and O–H groups in total. The molecule has 114 valence electrons. The number of aromatic nitrogens is 3. The molecule has 0 saturated carbocycles. The minimum atomic E-state index is -0.0279. The van der Waals surface area contributed by atoms with E-state index in [0.29, 0.717) is 4.70 Å². The molecule has 3 rings (SSSR count). The largest absolute Gasteiger partial charge is 0.377 e. The zero-order valence-electron chi connectivity index (χ0n) is 13.1. The van der Waals surface area contributed by atoms with Crippen molar-refractivity contribution in [3.8, 4) is 0 Å². The van der Waals surface area contributed by atoms with Crippen LogP contribution in [0.15, 0.2) is 29.5 Å². The molecule has 0 aliphatic carbocycles. The van der Waals surface area contributed by atoms with Gasteiger partial charge in [0.2, 0.25) is 0 Å². The van der Waals surface area contributed by atoms with Crippen molar-refractivity contribution in [3.63, 3.8) is 0 Å². The smallest absolute Gasteiger partial charge is 0.275 e. The van der Waals surface area contributed by atoms with Crippen molar-refractivity contribution < 1.29 is 0 Å². The van der Waals surface area contributed by atoms with E-state index in [1.807, 2.05) is 45.0 Å². The average Bonchev–Trinajstić information content (AvgIpc) is 2.87. The van der Waals surface area contributed by atoms with Crippen molar-refractivity contribution in [1.29, 1.82) is 0 Å². The number of thiophene rings is 1. The second kappa shape index (κ2) is 5.53. The fourth-order valence-electron chi connectivity index (χ4n) is 2.55. The molecule has 0 spiro atoms. The Balaban J connectivity index is 2.39. The molecule has 0 bridgehead atoms. The van der Waals surface area contributed by atoms with Crippen molar-refractivity contribution in [2.45, 2.75) is 20.3 Å². The van der Waals surface area contributed by atoms with Crippen LogP contribution in [0.5, 0.6) is 0 Å². The standard InChI is InChI=1S/C16H18N4OS/c1-5-6-10(2)20-9-18-13-12-11(19(3)4)7-8-17-15(12)22-14(13)16(20)21/h6-9H,5H2,1-4H3/b10-6+. The van der Waals surface area contributed by atoms with Gasteiger partial charge in [-0.15, -0.1) is 11.3 Å². The molecule has 3 aromatic rings. The van der Waals surface area contributed by atoms with Crippen LogP contribution in [-0.4, -0.2) is 28.6 Å². The van der Waals surface area contributed by atoms with E-state index in [1.165, 1.54) is 11.3 Å². The van der Waals surface area contributed by atoms with Crippen LogP contribution in [0.25, 0.3) is 26.1 Å². The number of allylic oxidation sites excluding steroid dienone is 2. The lowest BCUT2D eigenvalue weighted by Gasteiger charge is -2.13. The van der Waals surface area contributed by atoms with Crippen molar-refractivity contribution in [2.24, 2.45) is 0 Å². The maximum atomic E-state index is 12.7. The van der Waals surface area contributed by atoms with E-state index in [9.17, 15) is 4.79 Å². The van der Waals surface area contributed by atoms with Gasteiger partial charge < -0.3 is 4.90 Å². The van der Waals surface area contributed by atoms with Gasteiger partial charge in [-0.05, 0) is 19.4 Å². The minimum Gasteiger partial charge on any atom is -0.377 e. The van der Waals surface area contributed by atoms with Crippen molar-refractivity contribution in [1.82, 2.24) is 14.5 Å². The number of anilines is 1. The van der Waals surface area contributed by atoms with Gasteiger partial charge in [0.25, 0.3) is 5.56 Å². The third-order valence-corrected chi connectivity index (χ3v) is 4.70. The fraction of sp³-hybridized carbons (Fsp3) is 0.312. The lowest BCUT2D eigenvalue weighted by molar-refractivity contribution is 0.973. The Labute approximate surface area is 132 Å². The van der Waals surface area contributed by atoms with Gasteiger partial charge in [0.1, 0.15) is 15.9 Å². The molecular formula is C16H18N4OS. The predicted octanol–water partition coefficient (Wildman–Crippen LogP) is 3.34. The van der Waals surface area contributed by atoms with Gasteiger partial charge in [-0.2, -0.15) is 0 Å². The van der Waals surface area contributed by atoms with Crippen LogP contribution in [-0.2, 0) is 0 Å². The van der Waals surface area contributed by atoms with E-state index >= 15 is 0 Å². The molecule has 0 amide bonds. The number of pyridine rings is 1. The van der Waals surface area contributed by atoms with Crippen molar-refractivity contribution in [2.75, 3.05) is 19.0 Å². The summed E-state index contributed by atoms with van der Waals surface area (Å²) in [6.45, 7) is 3.97. The number of hydrogen-bond acceptors (Lipinski definition) is 5. The molecule has 0 aliphatic heterocycles. The first-order valence-corrected chi connectivity index (χ1v) is 7.99. The van der Waals surface area contributed by atoms with Crippen LogP contribution in [0.2, 0.25) is 0 Å². The maximum absolute atomic E-state index is 12.7. The van der Waals surface area contributed by atoms with Gasteiger partial charge in [-0.3, -0.25) is 9.36 Å². The Bertz CT molecular complexity index is 936. The highest BCUT2D eigenvalue weighted by Gasteiger charge is 2.16. The summed E-state index contributed by atoms with van der Waals surface area (Å²) in [5.41, 5.74) is 2.64. The van der Waals surface area contributed by atoms with Crippen LogP contribution in [0, 0.1) is 0 Å². The summed E-state index contributed by atoms with van der Waals surface area (Å²) in [4.78, 5) is 24.6. The van der Waals surface area contributed by atoms with E-state index in [4.69, 9.17) is 0 Å². The molecule has 3 aromatic heterocycles. The maximum Gasteiger partial charge on any atom is 0.275 e. The third kappa shape index (κ3) is 2.20. The zero-order chi connectivity index (χ0) is 15.9. The topological polar surface area (TPSA) is 51.0 Å². The highest BCUT2D eigenvalue weighted by atomic mass is 32.1. The molecule has 5 nitrogen and oxygen atoms in total.